The Hall–Kier alpha value is -3.58. The molecule has 0 fully saturated rings. The minimum atomic E-state index is -0.561. The maximum Gasteiger partial charge on any atom is 0.269 e. The molecule has 0 saturated heterocycles. The van der Waals surface area contributed by atoms with Crippen molar-refractivity contribution >= 4 is 12.0 Å². The minimum Gasteiger partial charge on any atom is -0.493 e. The van der Waals surface area contributed by atoms with Crippen LogP contribution in [0.3, 0.4) is 0 Å². The van der Waals surface area contributed by atoms with Gasteiger partial charge in [0.15, 0.2) is 17.2 Å². The van der Waals surface area contributed by atoms with Gasteiger partial charge in [-0.1, -0.05) is 48.6 Å². The largest absolute Gasteiger partial charge is 0.493 e. The summed E-state index contributed by atoms with van der Waals surface area (Å²) in [6, 6.07) is 16.2. The number of hydrogen-bond acceptors (Lipinski definition) is 5. The molecule has 1 aliphatic carbocycles. The van der Waals surface area contributed by atoms with Gasteiger partial charge in [0.25, 0.3) is 5.91 Å². The summed E-state index contributed by atoms with van der Waals surface area (Å²) >= 11 is 0. The monoisotopic (exact) mass is 419 g/mol. The molecule has 7 nitrogen and oxygen atoms in total. The summed E-state index contributed by atoms with van der Waals surface area (Å²) < 4.78 is 18.0. The third-order valence-electron chi connectivity index (χ3n) is 5.75. The SMILES string of the molecule is COCn1nc(C(N)=O)c2c1CC(c1ccccc1)(c1ccc(OC)c(OC)c1)C=C2. The minimum absolute atomic E-state index is 0.222. The van der Waals surface area contributed by atoms with Crippen LogP contribution in [0.25, 0.3) is 6.08 Å². The predicted octanol–water partition coefficient (Wildman–Crippen LogP) is 3.16. The number of aromatic nitrogens is 2. The molecule has 2 N–H and O–H groups in total. The van der Waals surface area contributed by atoms with E-state index in [4.69, 9.17) is 19.9 Å². The molecule has 160 valence electrons. The zero-order valence-electron chi connectivity index (χ0n) is 17.8. The molecule has 4 rings (SSSR count). The molecule has 1 atom stereocenters. The molecule has 1 aliphatic rings. The molecule has 2 aromatic carbocycles. The first-order chi connectivity index (χ1) is 15.0. The molecule has 0 aliphatic heterocycles. The molecule has 0 bridgehead atoms. The summed E-state index contributed by atoms with van der Waals surface area (Å²) in [7, 11) is 4.83. The van der Waals surface area contributed by atoms with E-state index in [9.17, 15) is 4.79 Å². The first-order valence-corrected chi connectivity index (χ1v) is 9.89. The lowest BCUT2D eigenvalue weighted by Crippen LogP contribution is -2.32. The summed E-state index contributed by atoms with van der Waals surface area (Å²) in [6.45, 7) is 0.222. The van der Waals surface area contributed by atoms with Gasteiger partial charge in [0, 0.05) is 24.5 Å². The first kappa shape index (κ1) is 20.7. The fourth-order valence-electron chi connectivity index (χ4n) is 4.24. The van der Waals surface area contributed by atoms with Gasteiger partial charge in [-0.3, -0.25) is 4.79 Å². The fraction of sp³-hybridized carbons (Fsp3) is 0.250. The number of fused-ring (bicyclic) bond motifs is 1. The van der Waals surface area contributed by atoms with Crippen LogP contribution in [0, 0.1) is 0 Å². The molecule has 1 unspecified atom stereocenters. The Kier molecular flexibility index (Phi) is 5.52. The lowest BCUT2D eigenvalue weighted by molar-refractivity contribution is 0.0985. The number of ether oxygens (including phenoxy) is 3. The van der Waals surface area contributed by atoms with E-state index in [1.165, 1.54) is 0 Å². The smallest absolute Gasteiger partial charge is 0.269 e. The van der Waals surface area contributed by atoms with Gasteiger partial charge in [0.05, 0.1) is 19.9 Å². The summed E-state index contributed by atoms with van der Waals surface area (Å²) in [5, 5.41) is 4.42. The van der Waals surface area contributed by atoms with E-state index in [0.29, 0.717) is 17.9 Å². The zero-order chi connectivity index (χ0) is 22.0. The maximum atomic E-state index is 12.0. The highest BCUT2D eigenvalue weighted by atomic mass is 16.5. The van der Waals surface area contributed by atoms with E-state index < -0.39 is 11.3 Å². The lowest BCUT2D eigenvalue weighted by atomic mass is 9.68. The summed E-state index contributed by atoms with van der Waals surface area (Å²) in [5.74, 6) is 0.752. The second-order valence-electron chi connectivity index (χ2n) is 7.41. The van der Waals surface area contributed by atoms with Crippen LogP contribution >= 0.6 is 0 Å². The van der Waals surface area contributed by atoms with Gasteiger partial charge in [0.2, 0.25) is 0 Å². The molecular formula is C24H25N3O4. The van der Waals surface area contributed by atoms with E-state index in [1.807, 2.05) is 42.5 Å². The van der Waals surface area contributed by atoms with Crippen molar-refractivity contribution in [2.75, 3.05) is 21.3 Å². The molecule has 3 aromatic rings. The highest BCUT2D eigenvalue weighted by Crippen LogP contribution is 2.44. The fourth-order valence-corrected chi connectivity index (χ4v) is 4.24. The van der Waals surface area contributed by atoms with Gasteiger partial charge in [-0.05, 0) is 23.3 Å². The van der Waals surface area contributed by atoms with Crippen LogP contribution in [0.4, 0.5) is 0 Å². The number of methoxy groups -OCH3 is 3. The van der Waals surface area contributed by atoms with E-state index in [2.05, 4.69) is 23.3 Å². The van der Waals surface area contributed by atoms with Crippen molar-refractivity contribution in [3.05, 3.63) is 82.7 Å². The number of nitrogens with zero attached hydrogens (tertiary/aromatic N) is 2. The molecular weight excluding hydrogens is 394 g/mol. The van der Waals surface area contributed by atoms with Crippen molar-refractivity contribution in [3.8, 4) is 11.5 Å². The molecule has 1 amide bonds. The summed E-state index contributed by atoms with van der Waals surface area (Å²) in [6.07, 6.45) is 4.61. The average molecular weight is 419 g/mol. The number of hydrogen-bond donors (Lipinski definition) is 1. The molecule has 1 heterocycles. The van der Waals surface area contributed by atoms with E-state index >= 15 is 0 Å². The molecule has 0 radical (unpaired) electrons. The van der Waals surface area contributed by atoms with E-state index in [0.717, 1.165) is 22.4 Å². The highest BCUT2D eigenvalue weighted by molar-refractivity contribution is 5.95. The Balaban J connectivity index is 1.94. The predicted molar refractivity (Wildman–Crippen MR) is 117 cm³/mol. The van der Waals surface area contributed by atoms with Crippen LogP contribution in [-0.4, -0.2) is 37.0 Å². The third-order valence-corrected chi connectivity index (χ3v) is 5.75. The Morgan fingerprint density at radius 2 is 1.81 bits per heavy atom. The number of rotatable bonds is 7. The van der Waals surface area contributed by atoms with Crippen LogP contribution in [0.1, 0.15) is 32.9 Å². The number of benzene rings is 2. The average Bonchev–Trinajstić information content (AvgIpc) is 3.17. The summed E-state index contributed by atoms with van der Waals surface area (Å²) in [4.78, 5) is 12.0. The quantitative estimate of drug-likeness (QED) is 0.636. The summed E-state index contributed by atoms with van der Waals surface area (Å²) in [5.41, 5.74) is 9.09. The second-order valence-corrected chi connectivity index (χ2v) is 7.41. The number of primary amides is 1. The van der Waals surface area contributed by atoms with E-state index in [-0.39, 0.29) is 12.4 Å². The van der Waals surface area contributed by atoms with Crippen molar-refractivity contribution in [2.45, 2.75) is 18.6 Å². The first-order valence-electron chi connectivity index (χ1n) is 9.89. The molecule has 1 aromatic heterocycles. The normalized spacial score (nSPS) is 17.3. The Morgan fingerprint density at radius 1 is 1.06 bits per heavy atom. The van der Waals surface area contributed by atoms with Crippen molar-refractivity contribution in [1.29, 1.82) is 0 Å². The molecule has 0 spiro atoms. The Bertz CT molecular complexity index is 1140. The Labute approximate surface area is 181 Å². The molecule has 0 saturated carbocycles. The lowest BCUT2D eigenvalue weighted by Gasteiger charge is -2.35. The van der Waals surface area contributed by atoms with Crippen LogP contribution in [0.2, 0.25) is 0 Å². The van der Waals surface area contributed by atoms with Crippen molar-refractivity contribution in [2.24, 2.45) is 5.73 Å². The number of carbonyl (C=O) groups is 1. The van der Waals surface area contributed by atoms with Crippen LogP contribution < -0.4 is 15.2 Å². The van der Waals surface area contributed by atoms with Crippen molar-refractivity contribution in [1.82, 2.24) is 9.78 Å². The highest BCUT2D eigenvalue weighted by Gasteiger charge is 2.38. The van der Waals surface area contributed by atoms with Gasteiger partial charge >= 0.3 is 0 Å². The van der Waals surface area contributed by atoms with Crippen molar-refractivity contribution < 1.29 is 19.0 Å². The zero-order valence-corrected chi connectivity index (χ0v) is 17.8. The van der Waals surface area contributed by atoms with Crippen LogP contribution in [0.15, 0.2) is 54.6 Å². The standard InChI is InChI=1S/C24H25N3O4/c1-29-15-27-19-14-24(16-7-5-4-6-8-16,12-11-18(19)22(26-27)23(25)28)17-9-10-20(30-2)21(13-17)31-3/h4-13H,14-15H2,1-3H3,(H2,25,28). The second kappa shape index (κ2) is 8.28. The number of nitrogens with two attached hydrogens (primary N) is 1. The van der Waals surface area contributed by atoms with Crippen LogP contribution in [-0.2, 0) is 23.3 Å². The van der Waals surface area contributed by atoms with Gasteiger partial charge in [0.1, 0.15) is 6.73 Å². The van der Waals surface area contributed by atoms with Crippen molar-refractivity contribution in [3.63, 3.8) is 0 Å². The van der Waals surface area contributed by atoms with Gasteiger partial charge in [-0.15, -0.1) is 0 Å². The van der Waals surface area contributed by atoms with Gasteiger partial charge < -0.3 is 19.9 Å². The maximum absolute atomic E-state index is 12.0. The number of amides is 1. The van der Waals surface area contributed by atoms with Gasteiger partial charge in [-0.25, -0.2) is 4.68 Å². The van der Waals surface area contributed by atoms with E-state index in [1.54, 1.807) is 26.0 Å². The molecule has 7 heteroatoms. The molecule has 31 heavy (non-hydrogen) atoms. The Morgan fingerprint density at radius 3 is 2.45 bits per heavy atom. The van der Waals surface area contributed by atoms with Gasteiger partial charge in [-0.2, -0.15) is 5.10 Å². The number of carbonyl (C=O) groups excluding carboxylic acids is 1. The number of allylic oxidation sites excluding steroid dienone is 1. The van der Waals surface area contributed by atoms with Crippen LogP contribution in [0.5, 0.6) is 11.5 Å². The topological polar surface area (TPSA) is 88.6 Å². The third kappa shape index (κ3) is 3.47.